The highest BCUT2D eigenvalue weighted by Crippen LogP contribution is 2.26. The summed E-state index contributed by atoms with van der Waals surface area (Å²) in [4.78, 5) is 10.9. The molecule has 0 unspecified atom stereocenters. The third-order valence-electron chi connectivity index (χ3n) is 3.14. The van der Waals surface area contributed by atoms with Crippen LogP contribution in [-0.4, -0.2) is 28.9 Å². The van der Waals surface area contributed by atoms with Crippen LogP contribution in [0.15, 0.2) is 33.2 Å². The SMILES string of the molecule is CN(C(N)=NCc1csc(-c2ccco2)n1)C1CC1. The lowest BCUT2D eigenvalue weighted by molar-refractivity contribution is 0.487. The summed E-state index contributed by atoms with van der Waals surface area (Å²) in [5, 5.41) is 2.87. The number of guanidine groups is 1. The van der Waals surface area contributed by atoms with Crippen LogP contribution < -0.4 is 5.73 Å². The van der Waals surface area contributed by atoms with E-state index in [0.29, 0.717) is 18.5 Å². The number of hydrogen-bond donors (Lipinski definition) is 1. The Morgan fingerprint density at radius 3 is 3.16 bits per heavy atom. The fourth-order valence-electron chi connectivity index (χ4n) is 1.82. The number of nitrogens with two attached hydrogens (primary N) is 1. The first kappa shape index (κ1) is 12.2. The zero-order valence-electron chi connectivity index (χ0n) is 10.7. The van der Waals surface area contributed by atoms with E-state index < -0.39 is 0 Å². The Labute approximate surface area is 115 Å². The van der Waals surface area contributed by atoms with E-state index >= 15 is 0 Å². The topological polar surface area (TPSA) is 67.7 Å². The average molecular weight is 276 g/mol. The lowest BCUT2D eigenvalue weighted by Crippen LogP contribution is -2.35. The van der Waals surface area contributed by atoms with Crippen molar-refractivity contribution in [3.8, 4) is 10.8 Å². The van der Waals surface area contributed by atoms with Gasteiger partial charge in [0.1, 0.15) is 0 Å². The van der Waals surface area contributed by atoms with Gasteiger partial charge in [0.15, 0.2) is 16.7 Å². The molecule has 1 fully saturated rings. The van der Waals surface area contributed by atoms with E-state index in [0.717, 1.165) is 16.5 Å². The van der Waals surface area contributed by atoms with Crippen LogP contribution >= 0.6 is 11.3 Å². The van der Waals surface area contributed by atoms with Crippen molar-refractivity contribution < 1.29 is 4.42 Å². The van der Waals surface area contributed by atoms with Crippen LogP contribution in [0.2, 0.25) is 0 Å². The Kier molecular flexibility index (Phi) is 3.25. The second-order valence-corrected chi connectivity index (χ2v) is 5.50. The van der Waals surface area contributed by atoms with Gasteiger partial charge in [0.05, 0.1) is 18.5 Å². The summed E-state index contributed by atoms with van der Waals surface area (Å²) in [6.07, 6.45) is 4.08. The van der Waals surface area contributed by atoms with Crippen molar-refractivity contribution in [2.75, 3.05) is 7.05 Å². The average Bonchev–Trinajstić information content (AvgIpc) is 2.93. The second kappa shape index (κ2) is 5.05. The maximum Gasteiger partial charge on any atom is 0.191 e. The van der Waals surface area contributed by atoms with Crippen molar-refractivity contribution in [1.29, 1.82) is 0 Å². The fourth-order valence-corrected chi connectivity index (χ4v) is 2.59. The molecule has 3 rings (SSSR count). The van der Waals surface area contributed by atoms with E-state index in [9.17, 15) is 0 Å². The first-order valence-electron chi connectivity index (χ1n) is 6.25. The molecule has 0 atom stereocenters. The Morgan fingerprint density at radius 2 is 2.47 bits per heavy atom. The maximum atomic E-state index is 5.94. The van der Waals surface area contributed by atoms with Gasteiger partial charge >= 0.3 is 0 Å². The van der Waals surface area contributed by atoms with Crippen molar-refractivity contribution >= 4 is 17.3 Å². The summed E-state index contributed by atoms with van der Waals surface area (Å²) < 4.78 is 5.32. The van der Waals surface area contributed by atoms with Crippen molar-refractivity contribution in [2.45, 2.75) is 25.4 Å². The van der Waals surface area contributed by atoms with Gasteiger partial charge in [-0.25, -0.2) is 9.98 Å². The first-order chi connectivity index (χ1) is 9.24. The Hall–Kier alpha value is -1.82. The standard InChI is InChI=1S/C13H16N4OS/c1-17(10-4-5-10)13(14)15-7-9-8-19-12(16-9)11-3-2-6-18-11/h2-3,6,8,10H,4-5,7H2,1H3,(H2,14,15). The molecule has 100 valence electrons. The van der Waals surface area contributed by atoms with Crippen LogP contribution in [0.25, 0.3) is 10.8 Å². The number of thiazole rings is 1. The molecule has 2 aromatic rings. The monoisotopic (exact) mass is 276 g/mol. The smallest absolute Gasteiger partial charge is 0.191 e. The third kappa shape index (κ3) is 2.78. The van der Waals surface area contributed by atoms with Crippen molar-refractivity contribution in [1.82, 2.24) is 9.88 Å². The van der Waals surface area contributed by atoms with Gasteiger partial charge in [0.2, 0.25) is 0 Å². The van der Waals surface area contributed by atoms with Crippen LogP contribution in [0.5, 0.6) is 0 Å². The van der Waals surface area contributed by atoms with Gasteiger partial charge in [-0.2, -0.15) is 0 Å². The summed E-state index contributed by atoms with van der Waals surface area (Å²) in [6, 6.07) is 4.34. The molecule has 0 saturated heterocycles. The minimum atomic E-state index is 0.514. The first-order valence-corrected chi connectivity index (χ1v) is 7.13. The molecule has 1 aliphatic rings. The number of aliphatic imine (C=N–C) groups is 1. The van der Waals surface area contributed by atoms with Gasteiger partial charge in [-0.15, -0.1) is 11.3 Å². The van der Waals surface area contributed by atoms with E-state index in [1.807, 2.05) is 29.5 Å². The molecular weight excluding hydrogens is 260 g/mol. The predicted molar refractivity (Wildman–Crippen MR) is 75.9 cm³/mol. The van der Waals surface area contributed by atoms with E-state index in [2.05, 4.69) is 9.98 Å². The maximum absolute atomic E-state index is 5.94. The molecule has 2 heterocycles. The Balaban J connectivity index is 1.65. The zero-order valence-corrected chi connectivity index (χ0v) is 11.6. The number of aromatic nitrogens is 1. The largest absolute Gasteiger partial charge is 0.462 e. The van der Waals surface area contributed by atoms with Crippen molar-refractivity contribution in [3.05, 3.63) is 29.5 Å². The highest BCUT2D eigenvalue weighted by Gasteiger charge is 2.27. The molecule has 0 aromatic carbocycles. The zero-order chi connectivity index (χ0) is 13.2. The van der Waals surface area contributed by atoms with E-state index in [-0.39, 0.29) is 0 Å². The fraction of sp³-hybridized carbons (Fsp3) is 0.385. The van der Waals surface area contributed by atoms with Gasteiger partial charge in [-0.3, -0.25) is 0 Å². The molecule has 2 aromatic heterocycles. The molecular formula is C13H16N4OS. The molecule has 0 aliphatic heterocycles. The molecule has 0 bridgehead atoms. The van der Waals surface area contributed by atoms with Crippen LogP contribution in [-0.2, 0) is 6.54 Å². The number of furan rings is 1. The third-order valence-corrected chi connectivity index (χ3v) is 4.05. The summed E-state index contributed by atoms with van der Waals surface area (Å²) in [5.74, 6) is 1.39. The Bertz CT molecular complexity index is 571. The van der Waals surface area contributed by atoms with Crippen molar-refractivity contribution in [2.24, 2.45) is 10.7 Å². The van der Waals surface area contributed by atoms with Crippen LogP contribution in [0, 0.1) is 0 Å². The summed E-state index contributed by atoms with van der Waals surface area (Å²) in [6.45, 7) is 0.514. The minimum absolute atomic E-state index is 0.514. The number of hydrogen-bond acceptors (Lipinski definition) is 4. The number of rotatable bonds is 4. The van der Waals surface area contributed by atoms with E-state index in [4.69, 9.17) is 10.2 Å². The molecule has 19 heavy (non-hydrogen) atoms. The van der Waals surface area contributed by atoms with Gasteiger partial charge in [-0.1, -0.05) is 0 Å². The molecule has 1 saturated carbocycles. The van der Waals surface area contributed by atoms with E-state index in [1.54, 1.807) is 17.6 Å². The van der Waals surface area contributed by atoms with Crippen molar-refractivity contribution in [3.63, 3.8) is 0 Å². The highest BCUT2D eigenvalue weighted by molar-refractivity contribution is 7.13. The lowest BCUT2D eigenvalue weighted by Gasteiger charge is -2.16. The summed E-state index contributed by atoms with van der Waals surface area (Å²) in [7, 11) is 1.99. The van der Waals surface area contributed by atoms with Crippen LogP contribution in [0.4, 0.5) is 0 Å². The molecule has 0 amide bonds. The second-order valence-electron chi connectivity index (χ2n) is 4.64. The normalized spacial score (nSPS) is 15.7. The molecule has 6 heteroatoms. The lowest BCUT2D eigenvalue weighted by atomic mass is 10.4. The summed E-state index contributed by atoms with van der Waals surface area (Å²) >= 11 is 1.56. The molecule has 5 nitrogen and oxygen atoms in total. The number of nitrogens with zero attached hydrogens (tertiary/aromatic N) is 3. The van der Waals surface area contributed by atoms with Gasteiger partial charge in [0, 0.05) is 18.5 Å². The van der Waals surface area contributed by atoms with Gasteiger partial charge in [-0.05, 0) is 25.0 Å². The quantitative estimate of drug-likeness (QED) is 0.687. The molecule has 0 radical (unpaired) electrons. The van der Waals surface area contributed by atoms with Gasteiger partial charge in [0.25, 0.3) is 0 Å². The summed E-state index contributed by atoms with van der Waals surface area (Å²) in [5.41, 5.74) is 6.86. The Morgan fingerprint density at radius 1 is 1.63 bits per heavy atom. The molecule has 0 spiro atoms. The van der Waals surface area contributed by atoms with E-state index in [1.165, 1.54) is 12.8 Å². The van der Waals surface area contributed by atoms with Crippen LogP contribution in [0.3, 0.4) is 0 Å². The molecule has 2 N–H and O–H groups in total. The highest BCUT2D eigenvalue weighted by atomic mass is 32.1. The molecule has 1 aliphatic carbocycles. The predicted octanol–water partition coefficient (Wildman–Crippen LogP) is 2.31. The minimum Gasteiger partial charge on any atom is -0.462 e. The van der Waals surface area contributed by atoms with Crippen LogP contribution in [0.1, 0.15) is 18.5 Å². The van der Waals surface area contributed by atoms with Gasteiger partial charge < -0.3 is 15.1 Å².